The van der Waals surface area contributed by atoms with Gasteiger partial charge in [-0.15, -0.1) is 0 Å². The van der Waals surface area contributed by atoms with E-state index in [1.165, 1.54) is 0 Å². The number of hydrogen-bond donors (Lipinski definition) is 0. The van der Waals surface area contributed by atoms with Crippen molar-refractivity contribution in [2.24, 2.45) is 0 Å². The van der Waals surface area contributed by atoms with Gasteiger partial charge in [-0.05, 0) is 36.4 Å². The van der Waals surface area contributed by atoms with Gasteiger partial charge in [-0.25, -0.2) is 12.8 Å². The molecule has 0 atom stereocenters. The summed E-state index contributed by atoms with van der Waals surface area (Å²) in [5.74, 6) is -0.578. The Morgan fingerprint density at radius 1 is 1.05 bits per heavy atom. The fraction of sp³-hybridized carbons (Fsp3) is 0. The van der Waals surface area contributed by atoms with Crippen LogP contribution in [0.3, 0.4) is 0 Å². The predicted molar refractivity (Wildman–Crippen MR) is 70.0 cm³/mol. The molecule has 8 heteroatoms. The van der Waals surface area contributed by atoms with Crippen LogP contribution in [-0.2, 0) is 9.84 Å². The zero-order valence-electron chi connectivity index (χ0n) is 9.79. The molecule has 0 saturated heterocycles. The second-order valence-corrected chi connectivity index (χ2v) is 6.18. The van der Waals surface area contributed by atoms with Gasteiger partial charge >= 0.3 is 0 Å². The third-order valence-corrected chi connectivity index (χ3v) is 4.64. The van der Waals surface area contributed by atoms with Gasteiger partial charge in [0, 0.05) is 6.07 Å². The van der Waals surface area contributed by atoms with E-state index in [-0.39, 0.29) is 14.8 Å². The van der Waals surface area contributed by atoms with Gasteiger partial charge in [0.15, 0.2) is 0 Å². The molecule has 0 unspecified atom stereocenters. The molecule has 0 N–H and O–H groups in total. The minimum Gasteiger partial charge on any atom is -0.258 e. The number of nitrogens with zero attached hydrogens (tertiary/aromatic N) is 1. The van der Waals surface area contributed by atoms with E-state index in [2.05, 4.69) is 0 Å². The van der Waals surface area contributed by atoms with Gasteiger partial charge in [-0.1, -0.05) is 11.6 Å². The quantitative estimate of drug-likeness (QED) is 0.495. The smallest absolute Gasteiger partial charge is 0.258 e. The lowest BCUT2D eigenvalue weighted by Crippen LogP contribution is -2.03. The molecule has 5 nitrogen and oxygen atoms in total. The molecule has 0 aliphatic heterocycles. The molecule has 2 aromatic rings. The van der Waals surface area contributed by atoms with Crippen LogP contribution in [0, 0.1) is 15.9 Å². The average Bonchev–Trinajstić information content (AvgIpc) is 2.39. The van der Waals surface area contributed by atoms with E-state index < -0.39 is 26.3 Å². The molecule has 104 valence electrons. The molecule has 20 heavy (non-hydrogen) atoms. The second-order valence-electron chi connectivity index (χ2n) is 3.83. The number of rotatable bonds is 3. The van der Waals surface area contributed by atoms with Crippen LogP contribution in [0.25, 0.3) is 0 Å². The Morgan fingerprint density at radius 2 is 1.60 bits per heavy atom. The Balaban J connectivity index is 2.58. The van der Waals surface area contributed by atoms with Gasteiger partial charge in [-0.3, -0.25) is 10.1 Å². The number of hydrogen-bond acceptors (Lipinski definition) is 4. The summed E-state index contributed by atoms with van der Waals surface area (Å²) in [5, 5.41) is 10.6. The van der Waals surface area contributed by atoms with E-state index in [1.807, 2.05) is 0 Å². The predicted octanol–water partition coefficient (Wildman–Crippen LogP) is 3.22. The topological polar surface area (TPSA) is 77.3 Å². The van der Waals surface area contributed by atoms with E-state index in [0.717, 1.165) is 42.5 Å². The van der Waals surface area contributed by atoms with E-state index in [4.69, 9.17) is 11.6 Å². The second kappa shape index (κ2) is 5.18. The summed E-state index contributed by atoms with van der Waals surface area (Å²) in [6.07, 6.45) is 0. The van der Waals surface area contributed by atoms with Crippen molar-refractivity contribution < 1.29 is 17.7 Å². The highest BCUT2D eigenvalue weighted by atomic mass is 35.5. The SMILES string of the molecule is O=[N+]([O-])c1cc(S(=O)(=O)c2ccc(F)cc2)ccc1Cl. The lowest BCUT2D eigenvalue weighted by Gasteiger charge is -2.05. The third kappa shape index (κ3) is 2.63. The summed E-state index contributed by atoms with van der Waals surface area (Å²) in [5.41, 5.74) is -0.505. The maximum Gasteiger partial charge on any atom is 0.289 e. The van der Waals surface area contributed by atoms with E-state index >= 15 is 0 Å². The van der Waals surface area contributed by atoms with Crippen LogP contribution in [0.4, 0.5) is 10.1 Å². The highest BCUT2D eigenvalue weighted by Gasteiger charge is 2.22. The normalized spacial score (nSPS) is 11.3. The zero-order chi connectivity index (χ0) is 14.9. The summed E-state index contributed by atoms with van der Waals surface area (Å²) in [4.78, 5) is 9.55. The molecular weight excluding hydrogens is 309 g/mol. The monoisotopic (exact) mass is 315 g/mol. The molecule has 0 heterocycles. The Bertz CT molecular complexity index is 775. The molecule has 0 fully saturated rings. The molecule has 0 aliphatic carbocycles. The molecule has 0 bridgehead atoms. The Morgan fingerprint density at radius 3 is 2.15 bits per heavy atom. The van der Waals surface area contributed by atoms with Crippen LogP contribution >= 0.6 is 11.6 Å². The van der Waals surface area contributed by atoms with Gasteiger partial charge in [-0.2, -0.15) is 0 Å². The van der Waals surface area contributed by atoms with Crippen molar-refractivity contribution in [3.8, 4) is 0 Å². The Hall–Kier alpha value is -1.99. The first-order valence-electron chi connectivity index (χ1n) is 5.27. The molecule has 0 aliphatic rings. The molecule has 0 aromatic heterocycles. The van der Waals surface area contributed by atoms with Crippen LogP contribution in [0.5, 0.6) is 0 Å². The van der Waals surface area contributed by atoms with Crippen molar-refractivity contribution in [2.45, 2.75) is 9.79 Å². The minimum absolute atomic E-state index is 0.157. The first kappa shape index (κ1) is 14.4. The number of nitro groups is 1. The summed E-state index contributed by atoms with van der Waals surface area (Å²) in [6.45, 7) is 0. The van der Waals surface area contributed by atoms with Gasteiger partial charge in [0.05, 0.1) is 14.7 Å². The van der Waals surface area contributed by atoms with E-state index in [1.54, 1.807) is 0 Å². The summed E-state index contributed by atoms with van der Waals surface area (Å²) in [7, 11) is -3.96. The first-order valence-corrected chi connectivity index (χ1v) is 7.13. The fourth-order valence-electron chi connectivity index (χ4n) is 1.55. The van der Waals surface area contributed by atoms with Gasteiger partial charge in [0.1, 0.15) is 10.8 Å². The number of benzene rings is 2. The average molecular weight is 316 g/mol. The number of sulfone groups is 1. The first-order chi connectivity index (χ1) is 9.32. The van der Waals surface area contributed by atoms with Gasteiger partial charge in [0.2, 0.25) is 9.84 Å². The molecule has 0 amide bonds. The van der Waals surface area contributed by atoms with Crippen molar-refractivity contribution >= 4 is 27.1 Å². The molecule has 0 spiro atoms. The standard InChI is InChI=1S/C12H7ClFNO4S/c13-11-6-5-10(7-12(11)15(16)17)20(18,19)9-3-1-8(14)2-4-9/h1-7H. The van der Waals surface area contributed by atoms with Crippen LogP contribution in [0.2, 0.25) is 5.02 Å². The molecule has 0 radical (unpaired) electrons. The highest BCUT2D eigenvalue weighted by molar-refractivity contribution is 7.91. The van der Waals surface area contributed by atoms with Crippen molar-refractivity contribution in [1.29, 1.82) is 0 Å². The number of nitro benzene ring substituents is 1. The van der Waals surface area contributed by atoms with Crippen molar-refractivity contribution in [1.82, 2.24) is 0 Å². The molecule has 2 aromatic carbocycles. The minimum atomic E-state index is -3.96. The summed E-state index contributed by atoms with van der Waals surface area (Å²) >= 11 is 5.62. The summed E-state index contributed by atoms with van der Waals surface area (Å²) in [6, 6.07) is 7.34. The van der Waals surface area contributed by atoms with Crippen LogP contribution in [-0.4, -0.2) is 13.3 Å². The molecule has 0 saturated carbocycles. The van der Waals surface area contributed by atoms with Crippen molar-refractivity contribution in [3.05, 3.63) is 63.4 Å². The molecule has 2 rings (SSSR count). The van der Waals surface area contributed by atoms with Crippen molar-refractivity contribution in [2.75, 3.05) is 0 Å². The lowest BCUT2D eigenvalue weighted by atomic mass is 10.3. The van der Waals surface area contributed by atoms with Crippen LogP contribution in [0.15, 0.2) is 52.3 Å². The lowest BCUT2D eigenvalue weighted by molar-refractivity contribution is -0.384. The summed E-state index contributed by atoms with van der Waals surface area (Å²) < 4.78 is 37.3. The van der Waals surface area contributed by atoms with Gasteiger partial charge < -0.3 is 0 Å². The third-order valence-electron chi connectivity index (χ3n) is 2.55. The largest absolute Gasteiger partial charge is 0.289 e. The number of halogens is 2. The Labute approximate surface area is 118 Å². The van der Waals surface area contributed by atoms with Crippen molar-refractivity contribution in [3.63, 3.8) is 0 Å². The van der Waals surface area contributed by atoms with Crippen LogP contribution < -0.4 is 0 Å². The highest BCUT2D eigenvalue weighted by Crippen LogP contribution is 2.29. The Kier molecular flexibility index (Phi) is 3.74. The zero-order valence-corrected chi connectivity index (χ0v) is 11.4. The van der Waals surface area contributed by atoms with E-state index in [9.17, 15) is 22.9 Å². The maximum absolute atomic E-state index is 12.8. The molecular formula is C12H7ClFNO4S. The van der Waals surface area contributed by atoms with E-state index in [0.29, 0.717) is 0 Å². The fourth-order valence-corrected chi connectivity index (χ4v) is 3.02. The van der Waals surface area contributed by atoms with Gasteiger partial charge in [0.25, 0.3) is 5.69 Å². The maximum atomic E-state index is 12.8. The van der Waals surface area contributed by atoms with Crippen LogP contribution in [0.1, 0.15) is 0 Å².